The van der Waals surface area contributed by atoms with Crippen molar-refractivity contribution in [1.82, 2.24) is 4.72 Å². The lowest BCUT2D eigenvalue weighted by atomic mass is 10.2. The molecule has 0 amide bonds. The van der Waals surface area contributed by atoms with Crippen LogP contribution < -0.4 is 10.5 Å². The standard InChI is InChI=1S/C10H15FN2O3S2/c1-7-5-8(11)9(12)6-10(7)18(15,16)13-3-4-17(2)14/h5-6,13H,3-4,12H2,1-2H3. The maximum absolute atomic E-state index is 13.1. The molecule has 0 aromatic heterocycles. The predicted octanol–water partition coefficient (Wildman–Crippen LogP) is 0.373. The Morgan fingerprint density at radius 3 is 2.61 bits per heavy atom. The Balaban J connectivity index is 2.98. The second kappa shape index (κ2) is 5.77. The highest BCUT2D eigenvalue weighted by Crippen LogP contribution is 2.21. The zero-order valence-electron chi connectivity index (χ0n) is 10.1. The first-order valence-corrected chi connectivity index (χ1v) is 8.30. The monoisotopic (exact) mass is 294 g/mol. The van der Waals surface area contributed by atoms with E-state index in [9.17, 15) is 17.0 Å². The van der Waals surface area contributed by atoms with Gasteiger partial charge in [-0.1, -0.05) is 0 Å². The largest absolute Gasteiger partial charge is 0.396 e. The maximum atomic E-state index is 13.1. The van der Waals surface area contributed by atoms with Crippen LogP contribution in [0.4, 0.5) is 10.1 Å². The van der Waals surface area contributed by atoms with E-state index in [0.29, 0.717) is 0 Å². The minimum Gasteiger partial charge on any atom is -0.396 e. The average molecular weight is 294 g/mol. The Bertz CT molecular complexity index is 573. The molecule has 1 rings (SSSR count). The molecule has 5 nitrogen and oxygen atoms in total. The minimum atomic E-state index is -3.76. The number of nitrogens with one attached hydrogen (secondary N) is 1. The number of aryl methyl sites for hydroxylation is 1. The Kier molecular flexibility index (Phi) is 4.83. The van der Waals surface area contributed by atoms with Gasteiger partial charge >= 0.3 is 0 Å². The number of hydrogen-bond donors (Lipinski definition) is 2. The Labute approximate surface area is 108 Å². The van der Waals surface area contributed by atoms with Crippen molar-refractivity contribution in [2.75, 3.05) is 24.3 Å². The summed E-state index contributed by atoms with van der Waals surface area (Å²) in [5.41, 5.74) is 5.40. The Morgan fingerprint density at radius 2 is 2.06 bits per heavy atom. The number of rotatable bonds is 5. The lowest BCUT2D eigenvalue weighted by molar-refractivity contribution is 0.582. The summed E-state index contributed by atoms with van der Waals surface area (Å²) in [7, 11) is -4.84. The molecule has 3 N–H and O–H groups in total. The molecule has 8 heteroatoms. The second-order valence-electron chi connectivity index (χ2n) is 3.81. The van der Waals surface area contributed by atoms with E-state index in [-0.39, 0.29) is 28.4 Å². The topological polar surface area (TPSA) is 89.3 Å². The summed E-state index contributed by atoms with van der Waals surface area (Å²) in [5.74, 6) is -0.435. The number of anilines is 1. The van der Waals surface area contributed by atoms with Crippen LogP contribution in [0.2, 0.25) is 0 Å². The summed E-state index contributed by atoms with van der Waals surface area (Å²) in [5, 5.41) is 0. The van der Waals surface area contributed by atoms with Gasteiger partial charge in [0.2, 0.25) is 10.0 Å². The van der Waals surface area contributed by atoms with Crippen molar-refractivity contribution < 1.29 is 17.0 Å². The van der Waals surface area contributed by atoms with Crippen LogP contribution in [0.15, 0.2) is 17.0 Å². The van der Waals surface area contributed by atoms with Crippen LogP contribution in [0.5, 0.6) is 0 Å². The van der Waals surface area contributed by atoms with Gasteiger partial charge in [-0.2, -0.15) is 0 Å². The third kappa shape index (κ3) is 3.76. The molecule has 0 aliphatic rings. The zero-order chi connectivity index (χ0) is 13.9. The van der Waals surface area contributed by atoms with Crippen molar-refractivity contribution in [3.63, 3.8) is 0 Å². The van der Waals surface area contributed by atoms with Crippen molar-refractivity contribution in [1.29, 1.82) is 0 Å². The molecule has 0 fully saturated rings. The van der Waals surface area contributed by atoms with E-state index in [1.54, 1.807) is 0 Å². The van der Waals surface area contributed by atoms with E-state index in [1.165, 1.54) is 13.2 Å². The third-order valence-electron chi connectivity index (χ3n) is 2.27. The molecule has 0 radical (unpaired) electrons. The van der Waals surface area contributed by atoms with Crippen molar-refractivity contribution in [2.45, 2.75) is 11.8 Å². The fourth-order valence-electron chi connectivity index (χ4n) is 1.36. The molecule has 0 heterocycles. The third-order valence-corrected chi connectivity index (χ3v) is 4.65. The Morgan fingerprint density at radius 1 is 1.44 bits per heavy atom. The van der Waals surface area contributed by atoms with Gasteiger partial charge in [-0.05, 0) is 24.6 Å². The number of halogens is 1. The molecule has 0 aliphatic carbocycles. The normalized spacial score (nSPS) is 13.5. The van der Waals surface area contributed by atoms with Crippen LogP contribution >= 0.6 is 0 Å². The summed E-state index contributed by atoms with van der Waals surface area (Å²) in [6.45, 7) is 1.54. The van der Waals surface area contributed by atoms with Crippen LogP contribution in [0.3, 0.4) is 0 Å². The van der Waals surface area contributed by atoms with Gasteiger partial charge in [0, 0.05) is 29.4 Å². The van der Waals surface area contributed by atoms with Crippen molar-refractivity contribution in [2.24, 2.45) is 0 Å². The lowest BCUT2D eigenvalue weighted by Crippen LogP contribution is -2.28. The number of benzene rings is 1. The molecule has 0 saturated carbocycles. The number of hydrogen-bond acceptors (Lipinski definition) is 4. The molecule has 1 aromatic carbocycles. The Hall–Kier alpha value is -0.990. The fraction of sp³-hybridized carbons (Fsp3) is 0.400. The summed E-state index contributed by atoms with van der Waals surface area (Å²) in [6.07, 6.45) is 1.48. The first-order valence-electron chi connectivity index (χ1n) is 5.09. The molecule has 102 valence electrons. The van der Waals surface area contributed by atoms with Gasteiger partial charge < -0.3 is 5.73 Å². The molecule has 0 spiro atoms. The zero-order valence-corrected chi connectivity index (χ0v) is 11.7. The second-order valence-corrected chi connectivity index (χ2v) is 7.10. The molecular weight excluding hydrogens is 279 g/mol. The van der Waals surface area contributed by atoms with Gasteiger partial charge in [-0.3, -0.25) is 4.21 Å². The quantitative estimate of drug-likeness (QED) is 0.768. The fourth-order valence-corrected chi connectivity index (χ4v) is 3.17. The van der Waals surface area contributed by atoms with Crippen molar-refractivity contribution in [3.05, 3.63) is 23.5 Å². The van der Waals surface area contributed by atoms with E-state index in [2.05, 4.69) is 4.72 Å². The molecular formula is C10H15FN2O3S2. The van der Waals surface area contributed by atoms with Crippen LogP contribution in [-0.4, -0.2) is 31.2 Å². The van der Waals surface area contributed by atoms with E-state index in [0.717, 1.165) is 12.1 Å². The maximum Gasteiger partial charge on any atom is 0.240 e. The molecule has 1 aromatic rings. The number of nitrogen functional groups attached to an aromatic ring is 1. The molecule has 0 saturated heterocycles. The van der Waals surface area contributed by atoms with Crippen molar-refractivity contribution in [3.8, 4) is 0 Å². The predicted molar refractivity (Wildman–Crippen MR) is 69.7 cm³/mol. The number of sulfonamides is 1. The highest BCUT2D eigenvalue weighted by atomic mass is 32.2. The van der Waals surface area contributed by atoms with Crippen LogP contribution in [0, 0.1) is 12.7 Å². The smallest absolute Gasteiger partial charge is 0.240 e. The number of nitrogens with two attached hydrogens (primary N) is 1. The molecule has 1 atom stereocenters. The van der Waals surface area contributed by atoms with Gasteiger partial charge in [0.15, 0.2) is 0 Å². The summed E-state index contributed by atoms with van der Waals surface area (Å²) >= 11 is 0. The minimum absolute atomic E-state index is 0.0577. The van der Waals surface area contributed by atoms with E-state index in [1.807, 2.05) is 0 Å². The van der Waals surface area contributed by atoms with Gasteiger partial charge in [0.25, 0.3) is 0 Å². The highest BCUT2D eigenvalue weighted by molar-refractivity contribution is 7.89. The lowest BCUT2D eigenvalue weighted by Gasteiger charge is -2.10. The van der Waals surface area contributed by atoms with Crippen LogP contribution in [0.25, 0.3) is 0 Å². The molecule has 0 aliphatic heterocycles. The average Bonchev–Trinajstić information content (AvgIpc) is 2.22. The molecule has 18 heavy (non-hydrogen) atoms. The van der Waals surface area contributed by atoms with Gasteiger partial charge in [0.1, 0.15) is 5.82 Å². The SMILES string of the molecule is Cc1cc(F)c(N)cc1S(=O)(=O)NCCS(C)=O. The van der Waals surface area contributed by atoms with Gasteiger partial charge in [-0.15, -0.1) is 0 Å². The molecule has 1 unspecified atom stereocenters. The van der Waals surface area contributed by atoms with Gasteiger partial charge in [-0.25, -0.2) is 17.5 Å². The van der Waals surface area contributed by atoms with E-state index < -0.39 is 26.6 Å². The van der Waals surface area contributed by atoms with E-state index >= 15 is 0 Å². The van der Waals surface area contributed by atoms with Gasteiger partial charge in [0.05, 0.1) is 10.6 Å². The van der Waals surface area contributed by atoms with E-state index in [4.69, 9.17) is 5.73 Å². The van der Waals surface area contributed by atoms with Crippen LogP contribution in [0.1, 0.15) is 5.56 Å². The highest BCUT2D eigenvalue weighted by Gasteiger charge is 2.18. The first-order chi connectivity index (χ1) is 8.24. The summed E-state index contributed by atoms with van der Waals surface area (Å²) < 4.78 is 50.1. The summed E-state index contributed by atoms with van der Waals surface area (Å²) in [4.78, 5) is -0.0664. The summed E-state index contributed by atoms with van der Waals surface area (Å²) in [6, 6.07) is 2.15. The molecule has 0 bridgehead atoms. The first kappa shape index (κ1) is 15.1. The van der Waals surface area contributed by atoms with Crippen LogP contribution in [-0.2, 0) is 20.8 Å². The van der Waals surface area contributed by atoms with Crippen molar-refractivity contribution >= 4 is 26.5 Å².